The van der Waals surface area contributed by atoms with E-state index >= 15 is 0 Å². The van der Waals surface area contributed by atoms with Crippen LogP contribution in [0.5, 0.6) is 5.75 Å². The molecule has 5 rings (SSSR count). The molecule has 0 saturated carbocycles. The van der Waals surface area contributed by atoms with Gasteiger partial charge in [0.15, 0.2) is 11.5 Å². The third-order valence-electron chi connectivity index (χ3n) is 5.82. The number of anilines is 1. The fourth-order valence-corrected chi connectivity index (χ4v) is 4.02. The number of nitrogens with one attached hydrogen (secondary N) is 1. The fraction of sp³-hybridized carbons (Fsp3) is 0.318. The second-order valence-corrected chi connectivity index (χ2v) is 7.74. The van der Waals surface area contributed by atoms with Crippen LogP contribution in [-0.2, 0) is 11.3 Å². The molecule has 1 amide bonds. The van der Waals surface area contributed by atoms with Gasteiger partial charge in [-0.3, -0.25) is 4.79 Å². The molecule has 1 fully saturated rings. The molecule has 158 valence electrons. The van der Waals surface area contributed by atoms with Crippen LogP contribution in [0.1, 0.15) is 18.4 Å². The van der Waals surface area contributed by atoms with Crippen LogP contribution < -0.4 is 15.0 Å². The highest BCUT2D eigenvalue weighted by Crippen LogP contribution is 2.23. The summed E-state index contributed by atoms with van der Waals surface area (Å²) >= 11 is 0. The number of nitrogens with zero attached hydrogens (tertiary/aromatic N) is 6. The highest BCUT2D eigenvalue weighted by molar-refractivity contribution is 5.85. The Morgan fingerprint density at radius 3 is 2.74 bits per heavy atom. The smallest absolute Gasteiger partial charge is 0.223 e. The van der Waals surface area contributed by atoms with E-state index in [9.17, 15) is 4.79 Å². The van der Waals surface area contributed by atoms with Crippen molar-refractivity contribution in [2.75, 3.05) is 25.1 Å². The molecule has 0 unspecified atom stereocenters. The summed E-state index contributed by atoms with van der Waals surface area (Å²) in [5.41, 5.74) is 1.70. The number of carbonyl (C=O) groups is 1. The fourth-order valence-electron chi connectivity index (χ4n) is 4.02. The minimum absolute atomic E-state index is 0.0118. The molecule has 9 heteroatoms. The van der Waals surface area contributed by atoms with E-state index in [0.717, 1.165) is 53.8 Å². The molecule has 0 radical (unpaired) electrons. The summed E-state index contributed by atoms with van der Waals surface area (Å²) in [6.07, 6.45) is 1.58. The lowest BCUT2D eigenvalue weighted by atomic mass is 9.95. The van der Waals surface area contributed by atoms with Crippen LogP contribution in [0.3, 0.4) is 0 Å². The number of carbonyl (C=O) groups excluding carboxylic acids is 1. The summed E-state index contributed by atoms with van der Waals surface area (Å²) < 4.78 is 6.70. The van der Waals surface area contributed by atoms with Crippen molar-refractivity contribution in [3.63, 3.8) is 0 Å². The van der Waals surface area contributed by atoms with Gasteiger partial charge in [-0.25, -0.2) is 0 Å². The zero-order chi connectivity index (χ0) is 21.2. The molecule has 0 atom stereocenters. The minimum Gasteiger partial charge on any atom is -0.497 e. The summed E-state index contributed by atoms with van der Waals surface area (Å²) in [4.78, 5) is 14.9. The average Bonchev–Trinajstić information content (AvgIpc) is 3.30. The van der Waals surface area contributed by atoms with Crippen molar-refractivity contribution in [2.45, 2.75) is 19.4 Å². The molecule has 0 aliphatic carbocycles. The van der Waals surface area contributed by atoms with Crippen LogP contribution >= 0.6 is 0 Å². The standard InChI is InChI=1S/C22H23N7O2/c1-31-19-5-4-17-12-15(2-3-18(17)13-19)14-23-22(30)16-8-10-28(11-9-16)21-7-6-20-24-26-27-29(20)25-21/h2-7,12-13,16H,8-11,14H2,1H3,(H,23,30). The SMILES string of the molecule is COc1ccc2cc(CNC(=O)C3CCN(c4ccc5nnnn5n4)CC3)ccc2c1. The van der Waals surface area contributed by atoms with Crippen molar-refractivity contribution >= 4 is 28.1 Å². The second kappa shape index (κ2) is 8.17. The third-order valence-corrected chi connectivity index (χ3v) is 5.82. The predicted molar refractivity (Wildman–Crippen MR) is 116 cm³/mol. The molecule has 1 saturated heterocycles. The Kier molecular flexibility index (Phi) is 5.07. The van der Waals surface area contributed by atoms with Crippen LogP contribution in [0.2, 0.25) is 0 Å². The number of methoxy groups -OCH3 is 1. The van der Waals surface area contributed by atoms with Gasteiger partial charge in [-0.2, -0.15) is 0 Å². The van der Waals surface area contributed by atoms with Gasteiger partial charge in [0, 0.05) is 25.6 Å². The molecule has 4 aromatic rings. The van der Waals surface area contributed by atoms with Crippen molar-refractivity contribution < 1.29 is 9.53 Å². The zero-order valence-electron chi connectivity index (χ0n) is 17.2. The van der Waals surface area contributed by atoms with E-state index in [4.69, 9.17) is 4.74 Å². The van der Waals surface area contributed by atoms with E-state index in [-0.39, 0.29) is 11.8 Å². The first-order valence-corrected chi connectivity index (χ1v) is 10.3. The van der Waals surface area contributed by atoms with Crippen molar-refractivity contribution in [3.8, 4) is 5.75 Å². The largest absolute Gasteiger partial charge is 0.497 e. The molecule has 9 nitrogen and oxygen atoms in total. The predicted octanol–water partition coefficient (Wildman–Crippen LogP) is 2.21. The maximum absolute atomic E-state index is 12.7. The first kappa shape index (κ1) is 19.2. The highest BCUT2D eigenvalue weighted by atomic mass is 16.5. The number of hydrogen-bond donors (Lipinski definition) is 1. The third kappa shape index (κ3) is 3.98. The molecule has 1 N–H and O–H groups in total. The molecule has 2 aromatic carbocycles. The maximum Gasteiger partial charge on any atom is 0.223 e. The zero-order valence-corrected chi connectivity index (χ0v) is 17.2. The van der Waals surface area contributed by atoms with Crippen LogP contribution in [0, 0.1) is 5.92 Å². The number of tetrazole rings is 1. The summed E-state index contributed by atoms with van der Waals surface area (Å²) in [7, 11) is 1.67. The maximum atomic E-state index is 12.7. The molecule has 0 spiro atoms. The van der Waals surface area contributed by atoms with Crippen molar-refractivity contribution in [1.82, 2.24) is 30.6 Å². The molecule has 3 heterocycles. The molecule has 1 aliphatic heterocycles. The number of fused-ring (bicyclic) bond motifs is 2. The van der Waals surface area contributed by atoms with Gasteiger partial charge in [-0.05, 0) is 69.9 Å². The van der Waals surface area contributed by atoms with Gasteiger partial charge in [-0.15, -0.1) is 14.8 Å². The lowest BCUT2D eigenvalue weighted by Gasteiger charge is -2.31. The molecule has 0 bridgehead atoms. The van der Waals surface area contributed by atoms with Crippen LogP contribution in [-0.4, -0.2) is 51.4 Å². The van der Waals surface area contributed by atoms with E-state index in [1.165, 1.54) is 4.63 Å². The van der Waals surface area contributed by atoms with E-state index in [1.54, 1.807) is 7.11 Å². The number of rotatable bonds is 5. The molecular formula is C22H23N7O2. The Balaban J connectivity index is 1.16. The topological polar surface area (TPSA) is 97.5 Å². The average molecular weight is 417 g/mol. The second-order valence-electron chi connectivity index (χ2n) is 7.74. The number of ether oxygens (including phenoxy) is 1. The Hall–Kier alpha value is -3.75. The molecule has 1 aliphatic rings. The summed E-state index contributed by atoms with van der Waals surface area (Å²) in [5.74, 6) is 1.79. The Morgan fingerprint density at radius 2 is 1.90 bits per heavy atom. The molecule has 31 heavy (non-hydrogen) atoms. The van der Waals surface area contributed by atoms with Crippen molar-refractivity contribution in [1.29, 1.82) is 0 Å². The number of piperidine rings is 1. The monoisotopic (exact) mass is 417 g/mol. The van der Waals surface area contributed by atoms with E-state index in [0.29, 0.717) is 12.2 Å². The number of hydrogen-bond acceptors (Lipinski definition) is 7. The quantitative estimate of drug-likeness (QED) is 0.532. The van der Waals surface area contributed by atoms with Crippen LogP contribution in [0.15, 0.2) is 48.5 Å². The number of benzene rings is 2. The lowest BCUT2D eigenvalue weighted by Crippen LogP contribution is -2.40. The highest BCUT2D eigenvalue weighted by Gasteiger charge is 2.25. The summed E-state index contributed by atoms with van der Waals surface area (Å²) in [5, 5.41) is 21.1. The first-order chi connectivity index (χ1) is 15.2. The van der Waals surface area contributed by atoms with E-state index in [1.807, 2.05) is 36.4 Å². The molecule has 2 aromatic heterocycles. The summed E-state index contributed by atoms with van der Waals surface area (Å²) in [6.45, 7) is 2.07. The van der Waals surface area contributed by atoms with Gasteiger partial charge in [0.2, 0.25) is 5.91 Å². The first-order valence-electron chi connectivity index (χ1n) is 10.3. The summed E-state index contributed by atoms with van der Waals surface area (Å²) in [6, 6.07) is 16.0. The molecular weight excluding hydrogens is 394 g/mol. The van der Waals surface area contributed by atoms with Crippen LogP contribution in [0.25, 0.3) is 16.4 Å². The lowest BCUT2D eigenvalue weighted by molar-refractivity contribution is -0.125. The van der Waals surface area contributed by atoms with Gasteiger partial charge in [0.1, 0.15) is 5.75 Å². The Bertz CT molecular complexity index is 1230. The van der Waals surface area contributed by atoms with Gasteiger partial charge in [-0.1, -0.05) is 18.2 Å². The number of amides is 1. The Morgan fingerprint density at radius 1 is 1.10 bits per heavy atom. The van der Waals surface area contributed by atoms with Crippen LogP contribution in [0.4, 0.5) is 5.82 Å². The van der Waals surface area contributed by atoms with Crippen molar-refractivity contribution in [2.24, 2.45) is 5.92 Å². The van der Waals surface area contributed by atoms with Crippen molar-refractivity contribution in [3.05, 3.63) is 54.1 Å². The Labute approximate surface area is 179 Å². The minimum atomic E-state index is 0.0118. The van der Waals surface area contributed by atoms with Gasteiger partial charge in [0.25, 0.3) is 0 Å². The van der Waals surface area contributed by atoms with Gasteiger partial charge < -0.3 is 15.0 Å². The van der Waals surface area contributed by atoms with Gasteiger partial charge >= 0.3 is 0 Å². The van der Waals surface area contributed by atoms with Gasteiger partial charge in [0.05, 0.1) is 7.11 Å². The normalized spacial score (nSPS) is 14.8. The van der Waals surface area contributed by atoms with E-state index < -0.39 is 0 Å². The van der Waals surface area contributed by atoms with E-state index in [2.05, 4.69) is 43.0 Å². The number of aromatic nitrogens is 5.